The fourth-order valence-electron chi connectivity index (χ4n) is 1.95. The Morgan fingerprint density at radius 3 is 2.79 bits per heavy atom. The van der Waals surface area contributed by atoms with Gasteiger partial charge in [-0.3, -0.25) is 0 Å². The lowest BCUT2D eigenvalue weighted by Gasteiger charge is -2.27. The van der Waals surface area contributed by atoms with Crippen molar-refractivity contribution < 1.29 is 4.74 Å². The SMILES string of the molecule is COC(C)CNCC1CCCCC1Cl. The van der Waals surface area contributed by atoms with Gasteiger partial charge in [0, 0.05) is 19.0 Å². The summed E-state index contributed by atoms with van der Waals surface area (Å²) >= 11 is 6.26. The predicted molar refractivity (Wildman–Crippen MR) is 60.9 cm³/mol. The number of rotatable bonds is 5. The molecule has 1 aliphatic rings. The van der Waals surface area contributed by atoms with Crippen molar-refractivity contribution >= 4 is 11.6 Å². The number of nitrogens with one attached hydrogen (secondary N) is 1. The van der Waals surface area contributed by atoms with Crippen LogP contribution in [0.2, 0.25) is 0 Å². The van der Waals surface area contributed by atoms with Crippen LogP contribution in [0.1, 0.15) is 32.6 Å². The summed E-state index contributed by atoms with van der Waals surface area (Å²) in [5.41, 5.74) is 0. The molecule has 3 unspecified atom stereocenters. The molecule has 2 nitrogen and oxygen atoms in total. The van der Waals surface area contributed by atoms with Crippen LogP contribution in [0.3, 0.4) is 0 Å². The quantitative estimate of drug-likeness (QED) is 0.718. The molecule has 0 aromatic carbocycles. The van der Waals surface area contributed by atoms with Crippen LogP contribution in [0, 0.1) is 5.92 Å². The molecule has 14 heavy (non-hydrogen) atoms. The number of alkyl halides is 1. The average molecular weight is 220 g/mol. The van der Waals surface area contributed by atoms with Crippen LogP contribution >= 0.6 is 11.6 Å². The molecular weight excluding hydrogens is 198 g/mol. The van der Waals surface area contributed by atoms with Crippen molar-refractivity contribution in [2.45, 2.75) is 44.1 Å². The molecule has 0 aromatic heterocycles. The minimum absolute atomic E-state index is 0.298. The minimum Gasteiger partial charge on any atom is -0.380 e. The van der Waals surface area contributed by atoms with Crippen molar-refractivity contribution in [3.8, 4) is 0 Å². The zero-order valence-corrected chi connectivity index (χ0v) is 10.0. The van der Waals surface area contributed by atoms with Gasteiger partial charge in [0.15, 0.2) is 0 Å². The second-order valence-corrected chi connectivity index (χ2v) is 4.83. The summed E-state index contributed by atoms with van der Waals surface area (Å²) in [5.74, 6) is 0.662. The number of ether oxygens (including phenoxy) is 1. The number of halogens is 1. The highest BCUT2D eigenvalue weighted by molar-refractivity contribution is 6.20. The van der Waals surface area contributed by atoms with Crippen LogP contribution in [0.4, 0.5) is 0 Å². The van der Waals surface area contributed by atoms with Gasteiger partial charge in [-0.15, -0.1) is 11.6 Å². The van der Waals surface area contributed by atoms with E-state index in [-0.39, 0.29) is 0 Å². The predicted octanol–water partition coefficient (Wildman–Crippen LogP) is 2.41. The van der Waals surface area contributed by atoms with Crippen molar-refractivity contribution in [2.24, 2.45) is 5.92 Å². The summed E-state index contributed by atoms with van der Waals surface area (Å²) in [7, 11) is 1.75. The molecule has 84 valence electrons. The second kappa shape index (κ2) is 6.65. The minimum atomic E-state index is 0.298. The fourth-order valence-corrected chi connectivity index (χ4v) is 2.32. The molecule has 3 heteroatoms. The van der Waals surface area contributed by atoms with Crippen molar-refractivity contribution in [1.29, 1.82) is 0 Å². The molecule has 0 amide bonds. The summed E-state index contributed by atoms with van der Waals surface area (Å²) in [6, 6.07) is 0. The molecule has 0 heterocycles. The van der Waals surface area contributed by atoms with Gasteiger partial charge in [0.25, 0.3) is 0 Å². The molecule has 0 radical (unpaired) electrons. The Labute approximate surface area is 92.3 Å². The molecule has 0 spiro atoms. The molecule has 1 aliphatic carbocycles. The Kier molecular flexibility index (Phi) is 5.83. The lowest BCUT2D eigenvalue weighted by molar-refractivity contribution is 0.115. The molecule has 0 aromatic rings. The third-order valence-electron chi connectivity index (χ3n) is 3.06. The van der Waals surface area contributed by atoms with Crippen LogP contribution in [-0.2, 0) is 4.74 Å². The molecule has 1 rings (SSSR count). The summed E-state index contributed by atoms with van der Waals surface area (Å²) in [4.78, 5) is 0. The largest absolute Gasteiger partial charge is 0.380 e. The van der Waals surface area contributed by atoms with Gasteiger partial charge in [-0.1, -0.05) is 12.8 Å². The zero-order chi connectivity index (χ0) is 10.4. The Balaban J connectivity index is 2.10. The Hall–Kier alpha value is 0.210. The van der Waals surface area contributed by atoms with Gasteiger partial charge >= 0.3 is 0 Å². The Morgan fingerprint density at radius 2 is 2.14 bits per heavy atom. The van der Waals surface area contributed by atoms with Crippen LogP contribution < -0.4 is 5.32 Å². The van der Waals surface area contributed by atoms with Crippen LogP contribution in [-0.4, -0.2) is 31.7 Å². The van der Waals surface area contributed by atoms with E-state index in [1.54, 1.807) is 7.11 Å². The lowest BCUT2D eigenvalue weighted by Crippen LogP contribution is -2.35. The van der Waals surface area contributed by atoms with Gasteiger partial charge < -0.3 is 10.1 Å². The van der Waals surface area contributed by atoms with E-state index in [2.05, 4.69) is 12.2 Å². The number of hydrogen-bond acceptors (Lipinski definition) is 2. The summed E-state index contributed by atoms with van der Waals surface area (Å²) in [6.45, 7) is 4.05. The molecule has 1 fully saturated rings. The second-order valence-electron chi connectivity index (χ2n) is 4.27. The van der Waals surface area contributed by atoms with Gasteiger partial charge in [-0.2, -0.15) is 0 Å². The molecular formula is C11H22ClNO. The van der Waals surface area contributed by atoms with Crippen LogP contribution in [0.25, 0.3) is 0 Å². The van der Waals surface area contributed by atoms with Gasteiger partial charge in [0.05, 0.1) is 6.10 Å². The van der Waals surface area contributed by atoms with E-state index in [1.165, 1.54) is 25.7 Å². The van der Waals surface area contributed by atoms with Crippen LogP contribution in [0.5, 0.6) is 0 Å². The maximum Gasteiger partial charge on any atom is 0.0667 e. The third-order valence-corrected chi connectivity index (χ3v) is 3.63. The highest BCUT2D eigenvalue weighted by atomic mass is 35.5. The summed E-state index contributed by atoms with van der Waals surface area (Å²) in [6.07, 6.45) is 5.41. The van der Waals surface area contributed by atoms with Crippen molar-refractivity contribution in [3.05, 3.63) is 0 Å². The van der Waals surface area contributed by atoms with E-state index >= 15 is 0 Å². The van der Waals surface area contributed by atoms with Gasteiger partial charge in [-0.05, 0) is 32.2 Å². The Morgan fingerprint density at radius 1 is 1.43 bits per heavy atom. The van der Waals surface area contributed by atoms with E-state index < -0.39 is 0 Å². The summed E-state index contributed by atoms with van der Waals surface area (Å²) in [5, 5.41) is 3.81. The maximum absolute atomic E-state index is 6.26. The first-order valence-electron chi connectivity index (χ1n) is 5.61. The molecule has 1 saturated carbocycles. The zero-order valence-electron chi connectivity index (χ0n) is 9.26. The number of methoxy groups -OCH3 is 1. The van der Waals surface area contributed by atoms with Crippen LogP contribution in [0.15, 0.2) is 0 Å². The summed E-state index contributed by atoms with van der Waals surface area (Å²) < 4.78 is 5.17. The Bertz CT molecular complexity index is 154. The fraction of sp³-hybridized carbons (Fsp3) is 1.00. The normalized spacial score (nSPS) is 30.2. The molecule has 0 aliphatic heterocycles. The first-order chi connectivity index (χ1) is 6.74. The topological polar surface area (TPSA) is 21.3 Å². The average Bonchev–Trinajstić information content (AvgIpc) is 2.20. The van der Waals surface area contributed by atoms with E-state index in [1.807, 2.05) is 0 Å². The van der Waals surface area contributed by atoms with E-state index in [0.29, 0.717) is 17.4 Å². The third kappa shape index (κ3) is 4.16. The van der Waals surface area contributed by atoms with E-state index in [0.717, 1.165) is 13.1 Å². The first-order valence-corrected chi connectivity index (χ1v) is 6.05. The van der Waals surface area contributed by atoms with Gasteiger partial charge in [0.1, 0.15) is 0 Å². The van der Waals surface area contributed by atoms with Crippen molar-refractivity contribution in [3.63, 3.8) is 0 Å². The molecule has 0 bridgehead atoms. The highest BCUT2D eigenvalue weighted by Gasteiger charge is 2.22. The standard InChI is InChI=1S/C11H22ClNO/c1-9(14-2)7-13-8-10-5-3-4-6-11(10)12/h9-11,13H,3-8H2,1-2H3. The van der Waals surface area contributed by atoms with Crippen molar-refractivity contribution in [2.75, 3.05) is 20.2 Å². The monoisotopic (exact) mass is 219 g/mol. The molecule has 3 atom stereocenters. The molecule has 1 N–H and O–H groups in total. The lowest BCUT2D eigenvalue weighted by atomic mass is 9.89. The maximum atomic E-state index is 6.26. The van der Waals surface area contributed by atoms with Gasteiger partial charge in [0.2, 0.25) is 0 Å². The molecule has 0 saturated heterocycles. The van der Waals surface area contributed by atoms with Gasteiger partial charge in [-0.25, -0.2) is 0 Å². The first kappa shape index (κ1) is 12.3. The van der Waals surface area contributed by atoms with E-state index in [4.69, 9.17) is 16.3 Å². The highest BCUT2D eigenvalue weighted by Crippen LogP contribution is 2.27. The van der Waals surface area contributed by atoms with Crippen molar-refractivity contribution in [1.82, 2.24) is 5.32 Å². The van der Waals surface area contributed by atoms with E-state index in [9.17, 15) is 0 Å². The number of hydrogen-bond donors (Lipinski definition) is 1. The smallest absolute Gasteiger partial charge is 0.0667 e.